The summed E-state index contributed by atoms with van der Waals surface area (Å²) in [4.78, 5) is 49.0. The van der Waals surface area contributed by atoms with E-state index in [-0.39, 0.29) is 39.2 Å². The fourth-order valence-corrected chi connectivity index (χ4v) is 7.83. The van der Waals surface area contributed by atoms with E-state index in [9.17, 15) is 60.0 Å². The standard InChI is InChI=1S/C44H77N5O18/c1-2-3-4-5-6-7-8-9-10-11-12-13-14-15-16-17-18-33(52)45-30(41(60)46-29(42(61)62)19-20-34(53)54)27-63-26-28-23-49(48-47-28)21-22-64-43-39(59)37(57)40(32(25-51)66-43)67-44-38(58)36(56)35(55)31(24-50)65-44/h23,29-32,35-40,43-44,50-51,55-59H,2-22,24-27H2,1H3,(H,45,52)(H,46,60)(H,53,54)(H,61,62)/t29-,30+,31?,32?,35-,36+,37-,38?,39?,40-,43-,44-/m1/s1. The van der Waals surface area contributed by atoms with Gasteiger partial charge in [-0.25, -0.2) is 9.48 Å². The Kier molecular flexibility index (Phi) is 28.0. The van der Waals surface area contributed by atoms with Crippen molar-refractivity contribution in [2.75, 3.05) is 26.4 Å². The molecule has 2 saturated heterocycles. The van der Waals surface area contributed by atoms with Crippen LogP contribution in [0.5, 0.6) is 0 Å². The first kappa shape index (κ1) is 57.9. The first-order valence-electron chi connectivity index (χ1n) is 23.9. The minimum Gasteiger partial charge on any atom is -0.481 e. The maximum Gasteiger partial charge on any atom is 0.326 e. The zero-order valence-electron chi connectivity index (χ0n) is 38.7. The number of aliphatic carboxylic acids is 2. The second-order valence-corrected chi connectivity index (χ2v) is 17.4. The number of rotatable bonds is 36. The fraction of sp³-hybridized carbons (Fsp3) is 0.864. The van der Waals surface area contributed by atoms with Crippen LogP contribution >= 0.6 is 0 Å². The van der Waals surface area contributed by atoms with Gasteiger partial charge >= 0.3 is 11.9 Å². The molecule has 4 unspecified atom stereocenters. The van der Waals surface area contributed by atoms with Crippen LogP contribution in [0.25, 0.3) is 0 Å². The number of aliphatic hydroxyl groups is 7. The van der Waals surface area contributed by atoms with E-state index < -0.39 is 117 Å². The van der Waals surface area contributed by atoms with Crippen LogP contribution in [0.4, 0.5) is 0 Å². The SMILES string of the molecule is CCCCCCCCCCCCCCCCCCC(=O)N[C@@H](COCc1cn(CCO[C@@H]2OC(CO)[C@@H](O[C@H]3OC(CO)[C@@H](O)[C@H](O)C3O)[C@H](O)C2O)nn1)C(=O)N[C@H](CCC(=O)O)C(=O)O. The van der Waals surface area contributed by atoms with E-state index >= 15 is 0 Å². The molecule has 0 aliphatic carbocycles. The lowest BCUT2D eigenvalue weighted by Gasteiger charge is -2.45. The molecule has 3 heterocycles. The molecule has 2 aliphatic heterocycles. The highest BCUT2D eigenvalue weighted by Crippen LogP contribution is 2.29. The lowest BCUT2D eigenvalue weighted by molar-refractivity contribution is -0.359. The quantitative estimate of drug-likeness (QED) is 0.0395. The number of hydrogen-bond donors (Lipinski definition) is 11. The molecule has 1 aromatic heterocycles. The number of nitrogens with one attached hydrogen (secondary N) is 2. The molecule has 386 valence electrons. The second-order valence-electron chi connectivity index (χ2n) is 17.4. The van der Waals surface area contributed by atoms with E-state index in [0.29, 0.717) is 12.1 Å². The smallest absolute Gasteiger partial charge is 0.326 e. The molecule has 2 fully saturated rings. The molecule has 0 saturated carbocycles. The number of amides is 2. The zero-order chi connectivity index (χ0) is 49.1. The molecule has 0 radical (unpaired) electrons. The van der Waals surface area contributed by atoms with Crippen LogP contribution in [0.3, 0.4) is 0 Å². The van der Waals surface area contributed by atoms with Gasteiger partial charge in [-0.2, -0.15) is 0 Å². The van der Waals surface area contributed by atoms with E-state index in [1.807, 2.05) is 0 Å². The van der Waals surface area contributed by atoms with Crippen LogP contribution in [-0.4, -0.2) is 185 Å². The summed E-state index contributed by atoms with van der Waals surface area (Å²) in [5.41, 5.74) is 0.293. The van der Waals surface area contributed by atoms with Gasteiger partial charge in [0, 0.05) is 12.8 Å². The maximum absolute atomic E-state index is 13.2. The van der Waals surface area contributed by atoms with Crippen molar-refractivity contribution in [1.29, 1.82) is 0 Å². The van der Waals surface area contributed by atoms with Crippen molar-refractivity contribution in [3.05, 3.63) is 11.9 Å². The van der Waals surface area contributed by atoms with Gasteiger partial charge in [0.05, 0.1) is 45.8 Å². The van der Waals surface area contributed by atoms with Gasteiger partial charge in [-0.3, -0.25) is 14.4 Å². The molecule has 3 rings (SSSR count). The summed E-state index contributed by atoms with van der Waals surface area (Å²) in [6.45, 7) is 0.0663. The lowest BCUT2D eigenvalue weighted by atomic mass is 9.97. The highest BCUT2D eigenvalue weighted by atomic mass is 16.7. The molecule has 2 amide bonds. The largest absolute Gasteiger partial charge is 0.481 e. The maximum atomic E-state index is 13.2. The van der Waals surface area contributed by atoms with Gasteiger partial charge in [0.1, 0.15) is 66.6 Å². The van der Waals surface area contributed by atoms with E-state index in [4.69, 9.17) is 28.8 Å². The summed E-state index contributed by atoms with van der Waals surface area (Å²) >= 11 is 0. The number of aliphatic hydroxyl groups excluding tert-OH is 7. The van der Waals surface area contributed by atoms with Crippen molar-refractivity contribution in [2.45, 2.75) is 216 Å². The second kappa shape index (κ2) is 32.4. The third kappa shape index (κ3) is 21.0. The van der Waals surface area contributed by atoms with Gasteiger partial charge in [-0.1, -0.05) is 108 Å². The van der Waals surface area contributed by atoms with Crippen molar-refractivity contribution in [1.82, 2.24) is 25.6 Å². The Morgan fingerprint density at radius 3 is 1.84 bits per heavy atom. The molecule has 23 heteroatoms. The monoisotopic (exact) mass is 964 g/mol. The first-order chi connectivity index (χ1) is 32.2. The molecule has 1 aromatic rings. The van der Waals surface area contributed by atoms with Gasteiger partial charge < -0.3 is 80.3 Å². The predicted molar refractivity (Wildman–Crippen MR) is 235 cm³/mol. The van der Waals surface area contributed by atoms with Gasteiger partial charge in [-0.15, -0.1) is 5.10 Å². The third-order valence-corrected chi connectivity index (χ3v) is 11.9. The molecule has 2 aliphatic rings. The summed E-state index contributed by atoms with van der Waals surface area (Å²) in [6.07, 6.45) is 3.61. The van der Waals surface area contributed by atoms with Gasteiger partial charge in [0.15, 0.2) is 12.6 Å². The molecule has 23 nitrogen and oxygen atoms in total. The lowest BCUT2D eigenvalue weighted by Crippen LogP contribution is -2.64. The van der Waals surface area contributed by atoms with Crippen LogP contribution in [0.1, 0.15) is 135 Å². The van der Waals surface area contributed by atoms with Gasteiger partial charge in [0.25, 0.3) is 0 Å². The average molecular weight is 964 g/mol. The van der Waals surface area contributed by atoms with Gasteiger partial charge in [0.2, 0.25) is 11.8 Å². The molecule has 67 heavy (non-hydrogen) atoms. The van der Waals surface area contributed by atoms with E-state index in [0.717, 1.165) is 25.7 Å². The van der Waals surface area contributed by atoms with Crippen molar-refractivity contribution in [3.63, 3.8) is 0 Å². The fourth-order valence-electron chi connectivity index (χ4n) is 7.83. The Morgan fingerprint density at radius 2 is 1.27 bits per heavy atom. The van der Waals surface area contributed by atoms with Crippen molar-refractivity contribution in [2.24, 2.45) is 0 Å². The number of aromatic nitrogens is 3. The minimum absolute atomic E-state index is 0.0393. The number of unbranched alkanes of at least 4 members (excludes halogenated alkanes) is 15. The zero-order valence-corrected chi connectivity index (χ0v) is 38.7. The average Bonchev–Trinajstić information content (AvgIpc) is 3.76. The molecule has 0 aromatic carbocycles. The van der Waals surface area contributed by atoms with Crippen molar-refractivity contribution in [3.8, 4) is 0 Å². The van der Waals surface area contributed by atoms with Crippen LogP contribution in [0.2, 0.25) is 0 Å². The minimum atomic E-state index is -1.81. The Hall–Kier alpha value is -3.46. The molecule has 11 N–H and O–H groups in total. The number of carboxylic acid groups (broad SMARTS) is 2. The molecule has 0 spiro atoms. The normalized spacial score (nSPS) is 26.2. The number of nitrogens with zero attached hydrogens (tertiary/aromatic N) is 3. The molecule has 0 bridgehead atoms. The van der Waals surface area contributed by atoms with E-state index in [1.54, 1.807) is 0 Å². The number of hydrogen-bond acceptors (Lipinski definition) is 18. The highest BCUT2D eigenvalue weighted by molar-refractivity contribution is 5.90. The summed E-state index contributed by atoms with van der Waals surface area (Å²) < 4.78 is 29.1. The Labute approximate surface area is 391 Å². The predicted octanol–water partition coefficient (Wildman–Crippen LogP) is 0.00600. The summed E-state index contributed by atoms with van der Waals surface area (Å²) in [5, 5.41) is 103. The number of carbonyl (C=O) groups is 4. The summed E-state index contributed by atoms with van der Waals surface area (Å²) in [6, 6.07) is -2.83. The van der Waals surface area contributed by atoms with E-state index in [1.165, 1.54) is 81.5 Å². The number of ether oxygens (including phenoxy) is 5. The van der Waals surface area contributed by atoms with E-state index in [2.05, 4.69) is 27.9 Å². The van der Waals surface area contributed by atoms with Gasteiger partial charge in [-0.05, 0) is 12.8 Å². The van der Waals surface area contributed by atoms with Crippen LogP contribution in [0.15, 0.2) is 6.20 Å². The Balaban J connectivity index is 1.43. The molecular weight excluding hydrogens is 887 g/mol. The number of carbonyl (C=O) groups excluding carboxylic acids is 2. The van der Waals surface area contributed by atoms with Crippen molar-refractivity contribution >= 4 is 23.8 Å². The van der Waals surface area contributed by atoms with Crippen LogP contribution in [0, 0.1) is 0 Å². The Bertz CT molecular complexity index is 1560. The highest BCUT2D eigenvalue weighted by Gasteiger charge is 2.50. The number of carboxylic acids is 2. The molecule has 12 atom stereocenters. The summed E-state index contributed by atoms with van der Waals surface area (Å²) in [7, 11) is 0. The van der Waals surface area contributed by atoms with Crippen molar-refractivity contribution < 1.29 is 88.8 Å². The first-order valence-corrected chi connectivity index (χ1v) is 23.9. The van der Waals surface area contributed by atoms with Crippen LogP contribution < -0.4 is 10.6 Å². The third-order valence-electron chi connectivity index (χ3n) is 11.9. The topological polar surface area (TPSA) is 351 Å². The summed E-state index contributed by atoms with van der Waals surface area (Å²) in [5.74, 6) is -3.98. The Morgan fingerprint density at radius 1 is 0.701 bits per heavy atom. The van der Waals surface area contributed by atoms with Crippen LogP contribution in [-0.2, 0) is 56.0 Å². The molecular formula is C44H77N5O18.